The minimum absolute atomic E-state index is 0.0167. The number of piperazine rings is 1. The molecule has 3 rings (SSSR count). The number of anilines is 2. The molecule has 3 N–H and O–H groups in total. The molecular weight excluding hydrogens is 400 g/mol. The van der Waals surface area contributed by atoms with E-state index in [-0.39, 0.29) is 10.8 Å². The summed E-state index contributed by atoms with van der Waals surface area (Å²) in [5, 5.41) is 8.57. The summed E-state index contributed by atoms with van der Waals surface area (Å²) >= 11 is 6.06. The zero-order chi connectivity index (χ0) is 20.1. The Bertz CT molecular complexity index is 926. The van der Waals surface area contributed by atoms with Gasteiger partial charge >= 0.3 is 0 Å². The molecule has 1 heterocycles. The summed E-state index contributed by atoms with van der Waals surface area (Å²) in [6.45, 7) is 4.20. The quantitative estimate of drug-likeness (QED) is 0.743. The Balaban J connectivity index is 1.43. The summed E-state index contributed by atoms with van der Waals surface area (Å²) in [4.78, 5) is 16.7. The van der Waals surface area contributed by atoms with Gasteiger partial charge in [0.2, 0.25) is 15.9 Å². The number of carbonyl (C=O) groups excluding carboxylic acids is 1. The smallest absolute Gasteiger partial charge is 0.238 e. The van der Waals surface area contributed by atoms with Gasteiger partial charge < -0.3 is 10.2 Å². The van der Waals surface area contributed by atoms with Gasteiger partial charge in [0.25, 0.3) is 0 Å². The van der Waals surface area contributed by atoms with Gasteiger partial charge in [-0.25, -0.2) is 13.6 Å². The van der Waals surface area contributed by atoms with E-state index in [0.717, 1.165) is 36.9 Å². The van der Waals surface area contributed by atoms with E-state index in [0.29, 0.717) is 18.7 Å². The van der Waals surface area contributed by atoms with Crippen molar-refractivity contribution in [3.8, 4) is 0 Å². The molecule has 0 aliphatic carbocycles. The second kappa shape index (κ2) is 8.91. The van der Waals surface area contributed by atoms with E-state index in [1.54, 1.807) is 0 Å². The van der Waals surface area contributed by atoms with Gasteiger partial charge in [-0.3, -0.25) is 9.69 Å². The van der Waals surface area contributed by atoms with Crippen LogP contribution in [0.2, 0.25) is 5.02 Å². The molecule has 2 aromatic rings. The maximum atomic E-state index is 12.2. The lowest BCUT2D eigenvalue weighted by atomic mass is 10.2. The molecule has 1 aliphatic rings. The third-order valence-electron chi connectivity index (χ3n) is 4.67. The summed E-state index contributed by atoms with van der Waals surface area (Å²) in [6.07, 6.45) is 0.369. The van der Waals surface area contributed by atoms with Gasteiger partial charge in [-0.1, -0.05) is 17.7 Å². The van der Waals surface area contributed by atoms with E-state index < -0.39 is 10.0 Å². The third-order valence-corrected chi connectivity index (χ3v) is 5.83. The van der Waals surface area contributed by atoms with Crippen molar-refractivity contribution < 1.29 is 13.2 Å². The van der Waals surface area contributed by atoms with E-state index in [1.807, 2.05) is 18.2 Å². The number of rotatable bonds is 6. The fourth-order valence-corrected chi connectivity index (χ4v) is 3.81. The Hall–Kier alpha value is -2.13. The highest BCUT2D eigenvalue weighted by atomic mass is 35.5. The van der Waals surface area contributed by atoms with Crippen molar-refractivity contribution in [2.45, 2.75) is 11.3 Å². The lowest BCUT2D eigenvalue weighted by Gasteiger charge is -2.36. The molecule has 1 fully saturated rings. The largest absolute Gasteiger partial charge is 0.369 e. The monoisotopic (exact) mass is 422 g/mol. The molecule has 0 atom stereocenters. The van der Waals surface area contributed by atoms with Crippen LogP contribution >= 0.6 is 11.6 Å². The van der Waals surface area contributed by atoms with Crippen molar-refractivity contribution in [3.63, 3.8) is 0 Å². The van der Waals surface area contributed by atoms with Crippen molar-refractivity contribution >= 4 is 38.9 Å². The van der Waals surface area contributed by atoms with Crippen molar-refractivity contribution in [2.24, 2.45) is 5.14 Å². The molecule has 1 saturated heterocycles. The minimum Gasteiger partial charge on any atom is -0.369 e. The standard InChI is InChI=1S/C19H23ClN4O3S/c20-15-2-1-3-17(14-15)24-12-10-23(11-13-24)9-8-19(25)22-16-4-6-18(7-5-16)28(21,26)27/h1-7,14H,8-13H2,(H,22,25)(H2,21,26,27). The number of nitrogens with two attached hydrogens (primary N) is 1. The first-order valence-electron chi connectivity index (χ1n) is 8.97. The van der Waals surface area contributed by atoms with E-state index >= 15 is 0 Å². The topological polar surface area (TPSA) is 95.7 Å². The Kier molecular flexibility index (Phi) is 6.56. The van der Waals surface area contributed by atoms with Crippen LogP contribution in [-0.4, -0.2) is 51.9 Å². The summed E-state index contributed by atoms with van der Waals surface area (Å²) < 4.78 is 22.5. The lowest BCUT2D eigenvalue weighted by molar-refractivity contribution is -0.116. The fourth-order valence-electron chi connectivity index (χ4n) is 3.11. The molecule has 0 saturated carbocycles. The first-order valence-corrected chi connectivity index (χ1v) is 10.9. The number of benzene rings is 2. The van der Waals surface area contributed by atoms with Gasteiger partial charge in [0.05, 0.1) is 4.90 Å². The molecule has 0 bridgehead atoms. The van der Waals surface area contributed by atoms with Gasteiger partial charge in [0.1, 0.15) is 0 Å². The second-order valence-corrected chi connectivity index (χ2v) is 8.67. The SMILES string of the molecule is NS(=O)(=O)c1ccc(NC(=O)CCN2CCN(c3cccc(Cl)c3)CC2)cc1. The maximum Gasteiger partial charge on any atom is 0.238 e. The van der Waals surface area contributed by atoms with Crippen molar-refractivity contribution in [3.05, 3.63) is 53.6 Å². The zero-order valence-corrected chi connectivity index (χ0v) is 16.9. The molecule has 0 unspecified atom stereocenters. The Labute approximate surface area is 170 Å². The summed E-state index contributed by atoms with van der Waals surface area (Å²) in [5.41, 5.74) is 1.66. The number of hydrogen-bond acceptors (Lipinski definition) is 5. The first kappa shape index (κ1) is 20.6. The van der Waals surface area contributed by atoms with Crippen LogP contribution in [-0.2, 0) is 14.8 Å². The number of nitrogens with one attached hydrogen (secondary N) is 1. The fraction of sp³-hybridized carbons (Fsp3) is 0.316. The van der Waals surface area contributed by atoms with Crippen LogP contribution in [0.15, 0.2) is 53.4 Å². The van der Waals surface area contributed by atoms with E-state index in [2.05, 4.69) is 21.2 Å². The highest BCUT2D eigenvalue weighted by molar-refractivity contribution is 7.89. The van der Waals surface area contributed by atoms with Gasteiger partial charge in [0, 0.05) is 55.5 Å². The number of hydrogen-bond donors (Lipinski definition) is 2. The molecule has 1 amide bonds. The van der Waals surface area contributed by atoms with Gasteiger partial charge in [-0.15, -0.1) is 0 Å². The number of primary sulfonamides is 1. The average molecular weight is 423 g/mol. The van der Waals surface area contributed by atoms with Gasteiger partial charge in [-0.2, -0.15) is 0 Å². The van der Waals surface area contributed by atoms with Crippen LogP contribution in [0.3, 0.4) is 0 Å². The highest BCUT2D eigenvalue weighted by Gasteiger charge is 2.18. The molecule has 0 radical (unpaired) electrons. The predicted octanol–water partition coefficient (Wildman–Crippen LogP) is 2.14. The molecule has 2 aromatic carbocycles. The number of nitrogens with zero attached hydrogens (tertiary/aromatic N) is 2. The van der Waals surface area contributed by atoms with Crippen LogP contribution in [0.5, 0.6) is 0 Å². The van der Waals surface area contributed by atoms with E-state index in [1.165, 1.54) is 24.3 Å². The van der Waals surface area contributed by atoms with Crippen molar-refractivity contribution in [1.29, 1.82) is 0 Å². The predicted molar refractivity (Wildman–Crippen MR) is 111 cm³/mol. The van der Waals surface area contributed by atoms with Crippen LogP contribution in [0.25, 0.3) is 0 Å². The van der Waals surface area contributed by atoms with Crippen LogP contribution in [0.1, 0.15) is 6.42 Å². The molecule has 0 aromatic heterocycles. The number of sulfonamides is 1. The summed E-state index contributed by atoms with van der Waals surface area (Å²) in [7, 11) is -3.73. The molecule has 28 heavy (non-hydrogen) atoms. The zero-order valence-electron chi connectivity index (χ0n) is 15.3. The first-order chi connectivity index (χ1) is 13.3. The lowest BCUT2D eigenvalue weighted by Crippen LogP contribution is -2.47. The van der Waals surface area contributed by atoms with E-state index in [9.17, 15) is 13.2 Å². The molecular formula is C19H23ClN4O3S. The molecule has 9 heteroatoms. The van der Waals surface area contributed by atoms with Gasteiger partial charge in [0.15, 0.2) is 0 Å². The average Bonchev–Trinajstić information content (AvgIpc) is 2.66. The van der Waals surface area contributed by atoms with Crippen LogP contribution < -0.4 is 15.4 Å². The maximum absolute atomic E-state index is 12.2. The molecule has 150 valence electrons. The number of halogens is 1. The second-order valence-electron chi connectivity index (χ2n) is 6.68. The minimum atomic E-state index is -3.73. The Morgan fingerprint density at radius 1 is 1.07 bits per heavy atom. The van der Waals surface area contributed by atoms with Gasteiger partial charge in [-0.05, 0) is 42.5 Å². The Morgan fingerprint density at radius 2 is 1.75 bits per heavy atom. The summed E-state index contributed by atoms with van der Waals surface area (Å²) in [6, 6.07) is 13.6. The van der Waals surface area contributed by atoms with Crippen molar-refractivity contribution in [2.75, 3.05) is 42.9 Å². The van der Waals surface area contributed by atoms with Crippen molar-refractivity contribution in [1.82, 2.24) is 4.90 Å². The highest BCUT2D eigenvalue weighted by Crippen LogP contribution is 2.21. The third kappa shape index (κ3) is 5.68. The normalized spacial score (nSPS) is 15.4. The molecule has 7 nitrogen and oxygen atoms in total. The van der Waals surface area contributed by atoms with E-state index in [4.69, 9.17) is 16.7 Å². The van der Waals surface area contributed by atoms with Crippen LogP contribution in [0, 0.1) is 0 Å². The molecule has 0 spiro atoms. The Morgan fingerprint density at radius 3 is 2.36 bits per heavy atom. The van der Waals surface area contributed by atoms with Crippen LogP contribution in [0.4, 0.5) is 11.4 Å². The number of carbonyl (C=O) groups is 1. The number of amides is 1. The molecule has 1 aliphatic heterocycles. The summed E-state index contributed by atoms with van der Waals surface area (Å²) in [5.74, 6) is -0.111.